The first-order valence-electron chi connectivity index (χ1n) is 8.45. The molecule has 0 amide bonds. The van der Waals surface area contributed by atoms with Crippen LogP contribution >= 0.6 is 0 Å². The summed E-state index contributed by atoms with van der Waals surface area (Å²) in [6.07, 6.45) is 7.54. The molecule has 3 heteroatoms. The van der Waals surface area contributed by atoms with E-state index in [1.165, 1.54) is 24.3 Å². The topological polar surface area (TPSA) is 0 Å². The molecule has 0 radical (unpaired) electrons. The molecule has 0 saturated heterocycles. The van der Waals surface area contributed by atoms with E-state index in [4.69, 9.17) is 0 Å². The molecule has 25 heavy (non-hydrogen) atoms. The van der Waals surface area contributed by atoms with Crippen LogP contribution in [0.4, 0.5) is 13.2 Å². The molecule has 0 heterocycles. The van der Waals surface area contributed by atoms with Crippen LogP contribution < -0.4 is 0 Å². The first kappa shape index (κ1) is 18.9. The van der Waals surface area contributed by atoms with Crippen molar-refractivity contribution in [1.82, 2.24) is 0 Å². The zero-order valence-corrected chi connectivity index (χ0v) is 14.5. The average Bonchev–Trinajstić information content (AvgIpc) is 2.59. The fourth-order valence-electron chi connectivity index (χ4n) is 2.37. The van der Waals surface area contributed by atoms with Crippen molar-refractivity contribution < 1.29 is 13.2 Å². The summed E-state index contributed by atoms with van der Waals surface area (Å²) < 4.78 is 42.0. The van der Waals surface area contributed by atoms with Crippen molar-refractivity contribution in [2.75, 3.05) is 0 Å². The number of halogens is 3. The van der Waals surface area contributed by atoms with Gasteiger partial charge in [0.2, 0.25) is 0 Å². The molecule has 0 N–H and O–H groups in total. The third-order valence-electron chi connectivity index (χ3n) is 3.84. The summed E-state index contributed by atoms with van der Waals surface area (Å²) in [5, 5.41) is 0. The number of hydrogen-bond acceptors (Lipinski definition) is 0. The molecule has 2 aromatic rings. The van der Waals surface area contributed by atoms with Crippen molar-refractivity contribution in [2.24, 2.45) is 0 Å². The van der Waals surface area contributed by atoms with Gasteiger partial charge in [0.25, 0.3) is 0 Å². The highest BCUT2D eigenvalue weighted by atomic mass is 19.2. The Balaban J connectivity index is 2.19. The van der Waals surface area contributed by atoms with E-state index in [0.29, 0.717) is 0 Å². The lowest BCUT2D eigenvalue weighted by Gasteiger charge is -2.01. The lowest BCUT2D eigenvalue weighted by Crippen LogP contribution is -1.94. The lowest BCUT2D eigenvalue weighted by molar-refractivity contribution is 0.505. The minimum absolute atomic E-state index is 0.0828. The molecule has 2 rings (SSSR count). The Morgan fingerprint density at radius 2 is 1.64 bits per heavy atom. The van der Waals surface area contributed by atoms with Crippen molar-refractivity contribution in [2.45, 2.75) is 39.5 Å². The van der Waals surface area contributed by atoms with Gasteiger partial charge in [-0.2, -0.15) is 0 Å². The van der Waals surface area contributed by atoms with Crippen LogP contribution in [0, 0.1) is 36.2 Å². The second-order valence-electron chi connectivity index (χ2n) is 5.96. The average molecular weight is 342 g/mol. The van der Waals surface area contributed by atoms with E-state index in [1.807, 2.05) is 6.08 Å². The quantitative estimate of drug-likeness (QED) is 0.435. The van der Waals surface area contributed by atoms with Gasteiger partial charge < -0.3 is 0 Å². The van der Waals surface area contributed by atoms with Crippen molar-refractivity contribution in [1.29, 1.82) is 0 Å². The summed E-state index contributed by atoms with van der Waals surface area (Å²) >= 11 is 0. The van der Waals surface area contributed by atoms with Crippen LogP contribution in [0.1, 0.15) is 54.9 Å². The molecule has 0 aliphatic rings. The zero-order valence-electron chi connectivity index (χ0n) is 14.5. The minimum Gasteiger partial charge on any atom is -0.206 e. The van der Waals surface area contributed by atoms with Gasteiger partial charge in [-0.1, -0.05) is 55.9 Å². The summed E-state index contributed by atoms with van der Waals surface area (Å²) in [5.41, 5.74) is 1.04. The highest BCUT2D eigenvalue weighted by Crippen LogP contribution is 2.18. The molecule has 0 aliphatic carbocycles. The number of aryl methyl sites for hydroxylation is 1. The number of hydrogen-bond donors (Lipinski definition) is 0. The number of allylic oxidation sites excluding steroid dienone is 1. The van der Waals surface area contributed by atoms with E-state index in [9.17, 15) is 13.2 Å². The van der Waals surface area contributed by atoms with Crippen LogP contribution in [-0.4, -0.2) is 0 Å². The van der Waals surface area contributed by atoms with Gasteiger partial charge in [-0.25, -0.2) is 13.2 Å². The molecule has 0 saturated carbocycles. The van der Waals surface area contributed by atoms with Gasteiger partial charge >= 0.3 is 0 Å². The van der Waals surface area contributed by atoms with Crippen LogP contribution in [0.25, 0.3) is 6.08 Å². The second-order valence-corrected chi connectivity index (χ2v) is 5.96. The van der Waals surface area contributed by atoms with Crippen LogP contribution in [0.3, 0.4) is 0 Å². The summed E-state index contributed by atoms with van der Waals surface area (Å²) in [4.78, 5) is 0. The van der Waals surface area contributed by atoms with Crippen LogP contribution in [0.15, 0.2) is 36.4 Å². The minimum atomic E-state index is -1.00. The fraction of sp³-hybridized carbons (Fsp3) is 0.273. The molecule has 0 aliphatic heterocycles. The van der Waals surface area contributed by atoms with Crippen molar-refractivity contribution in [3.05, 3.63) is 76.1 Å². The Hall–Kier alpha value is -2.47. The standard InChI is InChI=1S/C22H21F3/c1-3-4-5-6-7-8-18-13-14-19(22(25)21(18)24)12-11-17-10-9-16(2)15-20(17)23/h7-10,13-15H,3-6H2,1-2H3/b8-7+. The summed E-state index contributed by atoms with van der Waals surface area (Å²) in [6, 6.07) is 7.51. The predicted molar refractivity (Wildman–Crippen MR) is 96.7 cm³/mol. The van der Waals surface area contributed by atoms with E-state index in [1.54, 1.807) is 19.1 Å². The van der Waals surface area contributed by atoms with Crippen LogP contribution in [-0.2, 0) is 0 Å². The Bertz CT molecular complexity index is 823. The summed E-state index contributed by atoms with van der Waals surface area (Å²) in [6.45, 7) is 3.88. The first-order valence-corrected chi connectivity index (χ1v) is 8.45. The Kier molecular flexibility index (Phi) is 6.89. The monoisotopic (exact) mass is 342 g/mol. The van der Waals surface area contributed by atoms with E-state index in [0.717, 1.165) is 31.2 Å². The summed E-state index contributed by atoms with van der Waals surface area (Å²) in [7, 11) is 0. The molecule has 0 nitrogen and oxygen atoms in total. The third-order valence-corrected chi connectivity index (χ3v) is 3.84. The van der Waals surface area contributed by atoms with Gasteiger partial charge in [0.15, 0.2) is 11.6 Å². The maximum Gasteiger partial charge on any atom is 0.175 e. The van der Waals surface area contributed by atoms with E-state index in [2.05, 4.69) is 18.8 Å². The van der Waals surface area contributed by atoms with Gasteiger partial charge in [-0.05, 0) is 43.5 Å². The Morgan fingerprint density at radius 3 is 2.36 bits per heavy atom. The molecule has 0 unspecified atom stereocenters. The molecule has 0 atom stereocenters. The van der Waals surface area contributed by atoms with Gasteiger partial charge in [0.1, 0.15) is 5.82 Å². The maximum absolute atomic E-state index is 14.2. The van der Waals surface area contributed by atoms with Crippen molar-refractivity contribution in [3.8, 4) is 11.8 Å². The number of benzene rings is 2. The normalized spacial score (nSPS) is 10.8. The van der Waals surface area contributed by atoms with Crippen molar-refractivity contribution in [3.63, 3.8) is 0 Å². The maximum atomic E-state index is 14.2. The van der Waals surface area contributed by atoms with Gasteiger partial charge in [-0.15, -0.1) is 0 Å². The largest absolute Gasteiger partial charge is 0.206 e. The van der Waals surface area contributed by atoms with Gasteiger partial charge in [-0.3, -0.25) is 0 Å². The van der Waals surface area contributed by atoms with E-state index in [-0.39, 0.29) is 16.7 Å². The molecule has 0 aromatic heterocycles. The molecule has 0 spiro atoms. The number of unbranched alkanes of at least 4 members (excludes halogenated alkanes) is 3. The van der Waals surface area contributed by atoms with Crippen LogP contribution in [0.2, 0.25) is 0 Å². The summed E-state index contributed by atoms with van der Waals surface area (Å²) in [5.74, 6) is 2.67. The molecule has 0 fully saturated rings. The highest BCUT2D eigenvalue weighted by Gasteiger charge is 2.10. The predicted octanol–water partition coefficient (Wildman–Crippen LogP) is 6.41. The van der Waals surface area contributed by atoms with E-state index >= 15 is 0 Å². The zero-order chi connectivity index (χ0) is 18.2. The van der Waals surface area contributed by atoms with E-state index < -0.39 is 17.5 Å². The van der Waals surface area contributed by atoms with Gasteiger partial charge in [0.05, 0.1) is 11.1 Å². The first-order chi connectivity index (χ1) is 12.0. The van der Waals surface area contributed by atoms with Gasteiger partial charge in [0, 0.05) is 5.56 Å². The molecule has 130 valence electrons. The molecule has 0 bridgehead atoms. The lowest BCUT2D eigenvalue weighted by atomic mass is 10.1. The third kappa shape index (κ3) is 5.26. The molecule has 2 aromatic carbocycles. The highest BCUT2D eigenvalue weighted by molar-refractivity contribution is 5.54. The SMILES string of the molecule is CCCCC/C=C/c1ccc(C#Cc2ccc(C)cc2F)c(F)c1F. The Labute approximate surface area is 147 Å². The second kappa shape index (κ2) is 9.13. The fourth-order valence-corrected chi connectivity index (χ4v) is 2.37. The van der Waals surface area contributed by atoms with Crippen molar-refractivity contribution >= 4 is 6.08 Å². The van der Waals surface area contributed by atoms with Crippen LogP contribution in [0.5, 0.6) is 0 Å². The molecular weight excluding hydrogens is 321 g/mol. The Morgan fingerprint density at radius 1 is 0.920 bits per heavy atom. The smallest absolute Gasteiger partial charge is 0.175 e. The number of rotatable bonds is 5. The molecular formula is C22H21F3.